The van der Waals surface area contributed by atoms with Crippen LogP contribution in [-0.4, -0.2) is 16.9 Å². The number of amides is 1. The van der Waals surface area contributed by atoms with E-state index in [9.17, 15) is 4.79 Å². The lowest BCUT2D eigenvalue weighted by atomic mass is 9.96. The molecule has 0 unspecified atom stereocenters. The first kappa shape index (κ1) is 18.7. The number of carbonyl (C=O) groups excluding carboxylic acids is 1. The van der Waals surface area contributed by atoms with E-state index in [1.807, 2.05) is 30.3 Å². The molecule has 1 heterocycles. The van der Waals surface area contributed by atoms with Gasteiger partial charge in [0.1, 0.15) is 0 Å². The van der Waals surface area contributed by atoms with Gasteiger partial charge in [-0.25, -0.2) is 4.98 Å². The minimum Gasteiger partial charge on any atom is -0.349 e. The summed E-state index contributed by atoms with van der Waals surface area (Å²) in [4.78, 5) is 18.0. The molecule has 4 rings (SSSR count). The smallest absolute Gasteiger partial charge is 0.252 e. The van der Waals surface area contributed by atoms with Crippen molar-refractivity contribution >= 4 is 16.8 Å². The molecular formula is C25H28N2O. The number of pyridine rings is 1. The average molecular weight is 373 g/mol. The van der Waals surface area contributed by atoms with Crippen LogP contribution in [0.15, 0.2) is 54.6 Å². The second kappa shape index (κ2) is 8.55. The summed E-state index contributed by atoms with van der Waals surface area (Å²) in [5.74, 6) is 0.0255. The highest BCUT2D eigenvalue weighted by molar-refractivity contribution is 6.07. The molecule has 28 heavy (non-hydrogen) atoms. The van der Waals surface area contributed by atoms with E-state index < -0.39 is 0 Å². The van der Waals surface area contributed by atoms with Gasteiger partial charge in [-0.05, 0) is 31.9 Å². The van der Waals surface area contributed by atoms with Crippen molar-refractivity contribution in [2.45, 2.75) is 57.9 Å². The fourth-order valence-electron chi connectivity index (χ4n) is 4.10. The van der Waals surface area contributed by atoms with Crippen LogP contribution in [0.5, 0.6) is 0 Å². The van der Waals surface area contributed by atoms with Crippen molar-refractivity contribution in [3.8, 4) is 11.3 Å². The topological polar surface area (TPSA) is 42.0 Å². The predicted molar refractivity (Wildman–Crippen MR) is 115 cm³/mol. The summed E-state index contributed by atoms with van der Waals surface area (Å²) in [5, 5.41) is 4.23. The number of hydrogen-bond acceptors (Lipinski definition) is 2. The van der Waals surface area contributed by atoms with Crippen LogP contribution in [0.3, 0.4) is 0 Å². The van der Waals surface area contributed by atoms with Crippen molar-refractivity contribution in [2.24, 2.45) is 0 Å². The Kier molecular flexibility index (Phi) is 5.70. The van der Waals surface area contributed by atoms with Crippen LogP contribution in [0, 0.1) is 6.92 Å². The van der Waals surface area contributed by atoms with Crippen molar-refractivity contribution in [1.82, 2.24) is 10.3 Å². The summed E-state index contributed by atoms with van der Waals surface area (Å²) >= 11 is 0. The summed E-state index contributed by atoms with van der Waals surface area (Å²) in [6.07, 6.45) is 8.46. The number of carbonyl (C=O) groups is 1. The number of aromatic nitrogens is 1. The molecule has 1 aromatic heterocycles. The van der Waals surface area contributed by atoms with E-state index in [0.29, 0.717) is 0 Å². The van der Waals surface area contributed by atoms with Crippen LogP contribution in [0.25, 0.3) is 22.2 Å². The third kappa shape index (κ3) is 4.24. The first-order chi connectivity index (χ1) is 13.7. The monoisotopic (exact) mass is 372 g/mol. The van der Waals surface area contributed by atoms with Gasteiger partial charge in [0.2, 0.25) is 0 Å². The van der Waals surface area contributed by atoms with Crippen molar-refractivity contribution in [2.75, 3.05) is 0 Å². The molecule has 0 radical (unpaired) electrons. The number of benzene rings is 2. The second-order valence-corrected chi connectivity index (χ2v) is 7.95. The van der Waals surface area contributed by atoms with E-state index in [4.69, 9.17) is 4.98 Å². The molecule has 1 aliphatic carbocycles. The maximum Gasteiger partial charge on any atom is 0.252 e. The molecule has 1 N–H and O–H groups in total. The van der Waals surface area contributed by atoms with Crippen molar-refractivity contribution < 1.29 is 4.79 Å². The predicted octanol–water partition coefficient (Wildman–Crippen LogP) is 6.05. The zero-order chi connectivity index (χ0) is 19.3. The SMILES string of the molecule is Cc1ccc(-c2cc(C(=O)NC3CCCCCCC3)c3ccccc3n2)cc1. The number of nitrogens with zero attached hydrogens (tertiary/aromatic N) is 1. The first-order valence-corrected chi connectivity index (χ1v) is 10.5. The number of rotatable bonds is 3. The highest BCUT2D eigenvalue weighted by Crippen LogP contribution is 2.26. The molecule has 0 saturated heterocycles. The van der Waals surface area contributed by atoms with Gasteiger partial charge in [0.15, 0.2) is 0 Å². The zero-order valence-electron chi connectivity index (χ0n) is 16.6. The lowest BCUT2D eigenvalue weighted by Gasteiger charge is -2.21. The Labute approximate surface area is 167 Å². The molecule has 2 aromatic carbocycles. The van der Waals surface area contributed by atoms with Gasteiger partial charge in [-0.15, -0.1) is 0 Å². The molecule has 3 heteroatoms. The van der Waals surface area contributed by atoms with Crippen LogP contribution in [0.1, 0.15) is 60.9 Å². The summed E-state index contributed by atoms with van der Waals surface area (Å²) in [6, 6.07) is 18.5. The number of fused-ring (bicyclic) bond motifs is 1. The van der Waals surface area contributed by atoms with E-state index >= 15 is 0 Å². The van der Waals surface area contributed by atoms with Gasteiger partial charge >= 0.3 is 0 Å². The first-order valence-electron chi connectivity index (χ1n) is 10.5. The summed E-state index contributed by atoms with van der Waals surface area (Å²) in [6.45, 7) is 2.07. The number of nitrogens with one attached hydrogen (secondary N) is 1. The van der Waals surface area contributed by atoms with Crippen LogP contribution < -0.4 is 5.32 Å². The number of hydrogen-bond donors (Lipinski definition) is 1. The molecule has 0 atom stereocenters. The van der Waals surface area contributed by atoms with E-state index in [1.165, 1.54) is 37.7 Å². The third-order valence-corrected chi connectivity index (χ3v) is 5.75. The zero-order valence-corrected chi connectivity index (χ0v) is 16.6. The standard InChI is InChI=1S/C25H28N2O/c1-18-13-15-19(16-14-18)24-17-22(21-11-7-8-12-23(21)27-24)25(28)26-20-9-5-3-2-4-6-10-20/h7-8,11-17,20H,2-6,9-10H2,1H3,(H,26,28). The maximum atomic E-state index is 13.2. The van der Waals surface area contributed by atoms with Gasteiger partial charge in [0.25, 0.3) is 5.91 Å². The molecule has 1 aliphatic rings. The highest BCUT2D eigenvalue weighted by atomic mass is 16.1. The van der Waals surface area contributed by atoms with E-state index in [-0.39, 0.29) is 11.9 Å². The van der Waals surface area contributed by atoms with Crippen molar-refractivity contribution in [3.05, 3.63) is 65.7 Å². The Bertz CT molecular complexity index is 954. The second-order valence-electron chi connectivity index (χ2n) is 7.95. The molecule has 1 saturated carbocycles. The van der Waals surface area contributed by atoms with E-state index in [1.54, 1.807) is 0 Å². The Morgan fingerprint density at radius 1 is 0.929 bits per heavy atom. The van der Waals surface area contributed by atoms with Crippen molar-refractivity contribution in [3.63, 3.8) is 0 Å². The van der Waals surface area contributed by atoms with Gasteiger partial charge in [-0.1, -0.05) is 80.1 Å². The largest absolute Gasteiger partial charge is 0.349 e. The summed E-state index contributed by atoms with van der Waals surface area (Å²) < 4.78 is 0. The van der Waals surface area contributed by atoms with Gasteiger partial charge in [0, 0.05) is 17.0 Å². The third-order valence-electron chi connectivity index (χ3n) is 5.75. The highest BCUT2D eigenvalue weighted by Gasteiger charge is 2.18. The van der Waals surface area contributed by atoms with Crippen LogP contribution in [-0.2, 0) is 0 Å². The lowest BCUT2D eigenvalue weighted by Crippen LogP contribution is -2.35. The Hall–Kier alpha value is -2.68. The molecule has 0 bridgehead atoms. The van der Waals surface area contributed by atoms with E-state index in [0.717, 1.165) is 40.6 Å². The molecule has 1 amide bonds. The van der Waals surface area contributed by atoms with Crippen LogP contribution >= 0.6 is 0 Å². The summed E-state index contributed by atoms with van der Waals surface area (Å²) in [5.41, 5.74) is 4.69. The van der Waals surface area contributed by atoms with Gasteiger partial charge in [-0.2, -0.15) is 0 Å². The van der Waals surface area contributed by atoms with E-state index in [2.05, 4.69) is 36.5 Å². The molecule has 3 nitrogen and oxygen atoms in total. The minimum absolute atomic E-state index is 0.0255. The fraction of sp³-hybridized carbons (Fsp3) is 0.360. The minimum atomic E-state index is 0.0255. The molecule has 3 aromatic rings. The lowest BCUT2D eigenvalue weighted by molar-refractivity contribution is 0.0932. The average Bonchev–Trinajstić information content (AvgIpc) is 2.69. The molecule has 0 spiro atoms. The molecule has 0 aliphatic heterocycles. The Balaban J connectivity index is 1.68. The quantitative estimate of drug-likeness (QED) is 0.608. The number of para-hydroxylation sites is 1. The fourth-order valence-corrected chi connectivity index (χ4v) is 4.10. The normalized spacial score (nSPS) is 15.8. The van der Waals surface area contributed by atoms with Crippen molar-refractivity contribution in [1.29, 1.82) is 0 Å². The Morgan fingerprint density at radius 2 is 1.61 bits per heavy atom. The van der Waals surface area contributed by atoms with Gasteiger partial charge < -0.3 is 5.32 Å². The van der Waals surface area contributed by atoms with Gasteiger partial charge in [0.05, 0.1) is 16.8 Å². The summed E-state index contributed by atoms with van der Waals surface area (Å²) in [7, 11) is 0. The maximum absolute atomic E-state index is 13.2. The molecular weight excluding hydrogens is 344 g/mol. The molecule has 1 fully saturated rings. The Morgan fingerprint density at radius 3 is 2.36 bits per heavy atom. The number of aryl methyl sites for hydroxylation is 1. The van der Waals surface area contributed by atoms with Gasteiger partial charge in [-0.3, -0.25) is 4.79 Å². The van der Waals surface area contributed by atoms with Crippen LogP contribution in [0.2, 0.25) is 0 Å². The van der Waals surface area contributed by atoms with Crippen LogP contribution in [0.4, 0.5) is 0 Å². The molecule has 144 valence electrons.